The molecule has 0 fully saturated rings. The van der Waals surface area contributed by atoms with E-state index in [0.29, 0.717) is 33.8 Å². The fourth-order valence-corrected chi connectivity index (χ4v) is 5.07. The van der Waals surface area contributed by atoms with E-state index in [-0.39, 0.29) is 22.9 Å². The molecule has 4 N–H and O–H groups in total. The van der Waals surface area contributed by atoms with Crippen LogP contribution in [0.5, 0.6) is 0 Å². The molecule has 0 spiro atoms. The highest BCUT2D eigenvalue weighted by Gasteiger charge is 2.20. The van der Waals surface area contributed by atoms with Crippen LogP contribution >= 0.6 is 11.8 Å². The van der Waals surface area contributed by atoms with Crippen molar-refractivity contribution in [2.75, 3.05) is 10.6 Å². The van der Waals surface area contributed by atoms with E-state index in [1.165, 1.54) is 66.4 Å². The number of thioether (sulfide) groups is 1. The zero-order valence-electron chi connectivity index (χ0n) is 23.9. The maximum absolute atomic E-state index is 13.4. The number of carbonyl (C=O) groups is 4. The van der Waals surface area contributed by atoms with Crippen LogP contribution in [0.3, 0.4) is 0 Å². The first-order chi connectivity index (χ1) is 21.6. The standard InChI is InChI=1S/C33H28N4O7S/c1-2-29(32(40)34-24-15-13-23(14-16-24)33(41)42)45-27-10-6-9-25(20-27)35-31(39)28(36-30(38)22-7-4-3-5-8-22)19-21-11-17-26(18-12-21)37(43)44/h3-20,29H,2H2,1H3,(H,34,40)(H,35,39)(H,36,38)(H,41,42)/b28-19+. The molecule has 0 heterocycles. The molecule has 4 aromatic carbocycles. The summed E-state index contributed by atoms with van der Waals surface area (Å²) in [7, 11) is 0. The molecule has 0 bridgehead atoms. The van der Waals surface area contributed by atoms with Gasteiger partial charge in [-0.15, -0.1) is 11.8 Å². The number of carbonyl (C=O) groups excluding carboxylic acids is 3. The first kappa shape index (κ1) is 32.2. The molecule has 228 valence electrons. The molecule has 0 saturated carbocycles. The van der Waals surface area contributed by atoms with Crippen molar-refractivity contribution in [2.45, 2.75) is 23.5 Å². The predicted octanol–water partition coefficient (Wildman–Crippen LogP) is 6.21. The second-order valence-electron chi connectivity index (χ2n) is 9.60. The number of benzene rings is 4. The minimum absolute atomic E-state index is 0.0875. The fourth-order valence-electron chi connectivity index (χ4n) is 4.05. The van der Waals surface area contributed by atoms with Gasteiger partial charge in [0.2, 0.25) is 5.91 Å². The number of hydrogen-bond donors (Lipinski definition) is 4. The second-order valence-corrected chi connectivity index (χ2v) is 10.9. The average Bonchev–Trinajstić information content (AvgIpc) is 3.04. The van der Waals surface area contributed by atoms with Gasteiger partial charge in [0.1, 0.15) is 5.70 Å². The Labute approximate surface area is 262 Å². The number of nitro benzene ring substituents is 1. The number of carboxylic acid groups (broad SMARTS) is 1. The Morgan fingerprint density at radius 2 is 1.53 bits per heavy atom. The van der Waals surface area contributed by atoms with Crippen molar-refractivity contribution in [1.29, 1.82) is 0 Å². The molecular weight excluding hydrogens is 596 g/mol. The first-order valence-corrected chi connectivity index (χ1v) is 14.6. The maximum Gasteiger partial charge on any atom is 0.335 e. The van der Waals surface area contributed by atoms with Crippen molar-refractivity contribution in [3.8, 4) is 0 Å². The molecule has 45 heavy (non-hydrogen) atoms. The van der Waals surface area contributed by atoms with Crippen LogP contribution < -0.4 is 16.0 Å². The largest absolute Gasteiger partial charge is 0.478 e. The molecule has 11 nitrogen and oxygen atoms in total. The molecule has 3 amide bonds. The molecule has 12 heteroatoms. The summed E-state index contributed by atoms with van der Waals surface area (Å²) in [6.45, 7) is 1.86. The molecule has 4 rings (SSSR count). The van der Waals surface area contributed by atoms with Gasteiger partial charge in [-0.1, -0.05) is 31.2 Å². The molecule has 0 saturated heterocycles. The Bertz CT molecular complexity index is 1740. The van der Waals surface area contributed by atoms with Crippen LogP contribution in [0.15, 0.2) is 114 Å². The Morgan fingerprint density at radius 3 is 2.16 bits per heavy atom. The Kier molecular flexibility index (Phi) is 10.8. The maximum atomic E-state index is 13.4. The second kappa shape index (κ2) is 15.1. The molecular formula is C33H28N4O7S. The van der Waals surface area contributed by atoms with Gasteiger partial charge in [-0.2, -0.15) is 0 Å². The van der Waals surface area contributed by atoms with E-state index in [1.807, 2.05) is 6.92 Å². The van der Waals surface area contributed by atoms with E-state index < -0.39 is 28.0 Å². The van der Waals surface area contributed by atoms with E-state index >= 15 is 0 Å². The van der Waals surface area contributed by atoms with Crippen LogP contribution in [-0.2, 0) is 9.59 Å². The van der Waals surface area contributed by atoms with Crippen LogP contribution in [0.4, 0.5) is 17.1 Å². The SMILES string of the molecule is CCC(Sc1cccc(NC(=O)/C(=C\c2ccc([N+](=O)[O-])cc2)NC(=O)c2ccccc2)c1)C(=O)Nc1ccc(C(=O)O)cc1. The van der Waals surface area contributed by atoms with Crippen molar-refractivity contribution < 1.29 is 29.2 Å². The summed E-state index contributed by atoms with van der Waals surface area (Å²) in [5, 5.41) is 27.8. The van der Waals surface area contributed by atoms with Crippen LogP contribution in [0.25, 0.3) is 6.08 Å². The van der Waals surface area contributed by atoms with Crippen molar-refractivity contribution in [1.82, 2.24) is 5.32 Å². The highest BCUT2D eigenvalue weighted by molar-refractivity contribution is 8.00. The highest BCUT2D eigenvalue weighted by Crippen LogP contribution is 2.29. The molecule has 1 atom stereocenters. The van der Waals surface area contributed by atoms with Crippen LogP contribution in [-0.4, -0.2) is 39.0 Å². The Hall–Kier alpha value is -5.75. The first-order valence-electron chi connectivity index (χ1n) is 13.7. The van der Waals surface area contributed by atoms with Gasteiger partial charge in [0, 0.05) is 34.0 Å². The van der Waals surface area contributed by atoms with Crippen molar-refractivity contribution in [2.24, 2.45) is 0 Å². The lowest BCUT2D eigenvalue weighted by atomic mass is 10.1. The number of amides is 3. The van der Waals surface area contributed by atoms with Gasteiger partial charge < -0.3 is 21.1 Å². The summed E-state index contributed by atoms with van der Waals surface area (Å²) in [5.74, 6) is -2.47. The highest BCUT2D eigenvalue weighted by atomic mass is 32.2. The number of rotatable bonds is 12. The quantitative estimate of drug-likeness (QED) is 0.0624. The van der Waals surface area contributed by atoms with Gasteiger partial charge in [-0.3, -0.25) is 24.5 Å². The minimum Gasteiger partial charge on any atom is -0.478 e. The minimum atomic E-state index is -1.06. The summed E-state index contributed by atoms with van der Waals surface area (Å²) < 4.78 is 0. The topological polar surface area (TPSA) is 168 Å². The van der Waals surface area contributed by atoms with Crippen LogP contribution in [0.2, 0.25) is 0 Å². The van der Waals surface area contributed by atoms with E-state index in [9.17, 15) is 29.3 Å². The number of nitrogens with zero attached hydrogens (tertiary/aromatic N) is 1. The smallest absolute Gasteiger partial charge is 0.335 e. The number of non-ortho nitro benzene ring substituents is 1. The molecule has 0 aromatic heterocycles. The lowest BCUT2D eigenvalue weighted by Crippen LogP contribution is -2.30. The summed E-state index contributed by atoms with van der Waals surface area (Å²) >= 11 is 1.29. The number of hydrogen-bond acceptors (Lipinski definition) is 7. The molecule has 0 radical (unpaired) electrons. The predicted molar refractivity (Wildman–Crippen MR) is 172 cm³/mol. The molecule has 1 unspecified atom stereocenters. The molecule has 4 aromatic rings. The van der Waals surface area contributed by atoms with Crippen molar-refractivity contribution in [3.05, 3.63) is 136 Å². The third-order valence-electron chi connectivity index (χ3n) is 6.38. The lowest BCUT2D eigenvalue weighted by molar-refractivity contribution is -0.384. The van der Waals surface area contributed by atoms with Gasteiger partial charge in [0.25, 0.3) is 17.5 Å². The molecule has 0 aliphatic rings. The fraction of sp³-hybridized carbons (Fsp3) is 0.0909. The van der Waals surface area contributed by atoms with Gasteiger partial charge in [0.05, 0.1) is 15.7 Å². The Morgan fingerprint density at radius 1 is 0.844 bits per heavy atom. The number of nitro groups is 1. The number of carboxylic acids is 1. The normalized spacial score (nSPS) is 11.6. The number of nitrogens with one attached hydrogen (secondary N) is 3. The summed E-state index contributed by atoms with van der Waals surface area (Å²) in [4.78, 5) is 61.6. The van der Waals surface area contributed by atoms with Gasteiger partial charge in [0.15, 0.2) is 0 Å². The van der Waals surface area contributed by atoms with Gasteiger partial charge in [-0.05, 0) is 84.8 Å². The number of aromatic carboxylic acids is 1. The van der Waals surface area contributed by atoms with E-state index in [1.54, 1.807) is 54.6 Å². The van der Waals surface area contributed by atoms with Crippen molar-refractivity contribution >= 4 is 58.6 Å². The van der Waals surface area contributed by atoms with Gasteiger partial charge in [-0.25, -0.2) is 4.79 Å². The zero-order chi connectivity index (χ0) is 32.3. The average molecular weight is 625 g/mol. The van der Waals surface area contributed by atoms with Crippen molar-refractivity contribution in [3.63, 3.8) is 0 Å². The molecule has 0 aliphatic heterocycles. The van der Waals surface area contributed by atoms with Crippen LogP contribution in [0, 0.1) is 10.1 Å². The Balaban J connectivity index is 1.49. The molecule has 0 aliphatic carbocycles. The number of anilines is 2. The van der Waals surface area contributed by atoms with E-state index in [2.05, 4.69) is 16.0 Å². The zero-order valence-corrected chi connectivity index (χ0v) is 24.7. The lowest BCUT2D eigenvalue weighted by Gasteiger charge is -2.16. The summed E-state index contributed by atoms with van der Waals surface area (Å²) in [6, 6.07) is 26.6. The monoisotopic (exact) mass is 624 g/mol. The summed E-state index contributed by atoms with van der Waals surface area (Å²) in [6.07, 6.45) is 1.91. The summed E-state index contributed by atoms with van der Waals surface area (Å²) in [5.41, 5.74) is 1.57. The van der Waals surface area contributed by atoms with E-state index in [0.717, 1.165) is 0 Å². The third-order valence-corrected chi connectivity index (χ3v) is 7.73. The van der Waals surface area contributed by atoms with Crippen LogP contribution in [0.1, 0.15) is 39.6 Å². The van der Waals surface area contributed by atoms with E-state index in [4.69, 9.17) is 5.11 Å². The van der Waals surface area contributed by atoms with Gasteiger partial charge >= 0.3 is 5.97 Å². The third kappa shape index (κ3) is 9.12.